The quantitative estimate of drug-likeness (QED) is 0.287. The van der Waals surface area contributed by atoms with E-state index in [0.717, 1.165) is 11.6 Å². The zero-order valence-electron chi connectivity index (χ0n) is 16.8. The predicted molar refractivity (Wildman–Crippen MR) is 120 cm³/mol. The number of fused-ring (bicyclic) bond motifs is 1. The maximum Gasteiger partial charge on any atom is 0.270 e. The van der Waals surface area contributed by atoms with E-state index >= 15 is 0 Å². The number of nitro benzene ring substituents is 1. The van der Waals surface area contributed by atoms with Gasteiger partial charge in [-0.05, 0) is 47.9 Å². The standard InChI is InChI=1S/C23H18ClN3O4/c1-13(2)14-6-9-21-20(11-14)26-23(31-21)15-4-3-5-16(10-15)25-22(28)18-12-17(27(29)30)7-8-19(18)24/h3-13H,1-2H3,(H,25,28). The van der Waals surface area contributed by atoms with Gasteiger partial charge in [0, 0.05) is 23.4 Å². The van der Waals surface area contributed by atoms with Crippen molar-refractivity contribution in [2.45, 2.75) is 19.8 Å². The summed E-state index contributed by atoms with van der Waals surface area (Å²) in [7, 11) is 0. The Kier molecular flexibility index (Phi) is 5.44. The van der Waals surface area contributed by atoms with Crippen LogP contribution in [0.25, 0.3) is 22.6 Å². The maximum atomic E-state index is 12.6. The first-order valence-corrected chi connectivity index (χ1v) is 9.96. The monoisotopic (exact) mass is 435 g/mol. The largest absolute Gasteiger partial charge is 0.436 e. The fourth-order valence-electron chi connectivity index (χ4n) is 3.16. The summed E-state index contributed by atoms with van der Waals surface area (Å²) < 4.78 is 5.87. The molecule has 7 nitrogen and oxygen atoms in total. The summed E-state index contributed by atoms with van der Waals surface area (Å²) >= 11 is 6.06. The summed E-state index contributed by atoms with van der Waals surface area (Å²) in [6.45, 7) is 4.23. The second-order valence-electron chi connectivity index (χ2n) is 7.36. The minimum atomic E-state index is -0.578. The number of anilines is 1. The molecular formula is C23H18ClN3O4. The van der Waals surface area contributed by atoms with Crippen LogP contribution < -0.4 is 5.32 Å². The number of benzene rings is 3. The van der Waals surface area contributed by atoms with Crippen molar-refractivity contribution >= 4 is 40.0 Å². The number of nitro groups is 1. The van der Waals surface area contributed by atoms with Gasteiger partial charge in [0.05, 0.1) is 15.5 Å². The van der Waals surface area contributed by atoms with Gasteiger partial charge in [0.15, 0.2) is 5.58 Å². The molecule has 1 aromatic heterocycles. The number of hydrogen-bond acceptors (Lipinski definition) is 5. The highest BCUT2D eigenvalue weighted by Crippen LogP contribution is 2.29. The lowest BCUT2D eigenvalue weighted by atomic mass is 10.0. The summed E-state index contributed by atoms with van der Waals surface area (Å²) in [5.41, 5.74) is 3.58. The third-order valence-corrected chi connectivity index (χ3v) is 5.18. The molecule has 1 N–H and O–H groups in total. The van der Waals surface area contributed by atoms with E-state index in [2.05, 4.69) is 24.1 Å². The Balaban J connectivity index is 1.62. The van der Waals surface area contributed by atoms with Crippen LogP contribution in [0.1, 0.15) is 35.7 Å². The first-order valence-electron chi connectivity index (χ1n) is 9.58. The molecule has 0 atom stereocenters. The number of oxazole rings is 1. The van der Waals surface area contributed by atoms with Gasteiger partial charge >= 0.3 is 0 Å². The molecule has 3 aromatic carbocycles. The average molecular weight is 436 g/mol. The molecule has 31 heavy (non-hydrogen) atoms. The molecule has 0 saturated carbocycles. The summed E-state index contributed by atoms with van der Waals surface area (Å²) in [4.78, 5) is 27.6. The van der Waals surface area contributed by atoms with Crippen LogP contribution in [0.5, 0.6) is 0 Å². The molecule has 0 fully saturated rings. The highest BCUT2D eigenvalue weighted by Gasteiger charge is 2.17. The van der Waals surface area contributed by atoms with E-state index in [1.807, 2.05) is 24.3 Å². The highest BCUT2D eigenvalue weighted by atomic mass is 35.5. The lowest BCUT2D eigenvalue weighted by Gasteiger charge is -2.07. The van der Waals surface area contributed by atoms with E-state index in [1.165, 1.54) is 17.7 Å². The van der Waals surface area contributed by atoms with Crippen LogP contribution >= 0.6 is 11.6 Å². The Labute approximate surface area is 182 Å². The third kappa shape index (κ3) is 4.27. The Hall–Kier alpha value is -3.71. The van der Waals surface area contributed by atoms with E-state index < -0.39 is 10.8 Å². The van der Waals surface area contributed by atoms with Crippen molar-refractivity contribution < 1.29 is 14.1 Å². The number of rotatable bonds is 5. The van der Waals surface area contributed by atoms with Crippen molar-refractivity contribution in [1.29, 1.82) is 0 Å². The zero-order chi connectivity index (χ0) is 22.1. The van der Waals surface area contributed by atoms with Crippen LogP contribution in [0.2, 0.25) is 5.02 Å². The molecular weight excluding hydrogens is 418 g/mol. The number of amides is 1. The van der Waals surface area contributed by atoms with Crippen LogP contribution in [-0.4, -0.2) is 15.8 Å². The molecule has 0 bridgehead atoms. The molecule has 0 spiro atoms. The van der Waals surface area contributed by atoms with E-state index in [4.69, 9.17) is 16.0 Å². The SMILES string of the molecule is CC(C)c1ccc2oc(-c3cccc(NC(=O)c4cc([N+](=O)[O-])ccc4Cl)c3)nc2c1. The minimum Gasteiger partial charge on any atom is -0.436 e. The van der Waals surface area contributed by atoms with E-state index in [9.17, 15) is 14.9 Å². The summed E-state index contributed by atoms with van der Waals surface area (Å²) in [5, 5.41) is 13.8. The van der Waals surface area contributed by atoms with Gasteiger partial charge in [-0.1, -0.05) is 37.6 Å². The summed E-state index contributed by atoms with van der Waals surface area (Å²) in [6, 6.07) is 16.6. The van der Waals surface area contributed by atoms with Crippen LogP contribution in [0.3, 0.4) is 0 Å². The number of nitrogens with one attached hydrogen (secondary N) is 1. The van der Waals surface area contributed by atoms with E-state index in [0.29, 0.717) is 28.6 Å². The van der Waals surface area contributed by atoms with Crippen LogP contribution in [0.15, 0.2) is 65.1 Å². The number of aromatic nitrogens is 1. The lowest BCUT2D eigenvalue weighted by molar-refractivity contribution is -0.384. The topological polar surface area (TPSA) is 98.3 Å². The van der Waals surface area contributed by atoms with Crippen LogP contribution in [0, 0.1) is 10.1 Å². The Morgan fingerprint density at radius 2 is 1.94 bits per heavy atom. The summed E-state index contributed by atoms with van der Waals surface area (Å²) in [5.74, 6) is 0.258. The van der Waals surface area contributed by atoms with Gasteiger partial charge in [-0.25, -0.2) is 4.98 Å². The average Bonchev–Trinajstić information content (AvgIpc) is 3.17. The first-order chi connectivity index (χ1) is 14.8. The van der Waals surface area contributed by atoms with Crippen LogP contribution in [-0.2, 0) is 0 Å². The lowest BCUT2D eigenvalue weighted by Crippen LogP contribution is -2.12. The number of hydrogen-bond donors (Lipinski definition) is 1. The van der Waals surface area contributed by atoms with Crippen molar-refractivity contribution in [3.05, 3.63) is 86.9 Å². The number of halogens is 1. The smallest absolute Gasteiger partial charge is 0.270 e. The first kappa shape index (κ1) is 20.6. The predicted octanol–water partition coefficient (Wildman–Crippen LogP) is 6.43. The van der Waals surface area contributed by atoms with Gasteiger partial charge in [-0.15, -0.1) is 0 Å². The molecule has 0 unspecified atom stereocenters. The van der Waals surface area contributed by atoms with Crippen molar-refractivity contribution in [1.82, 2.24) is 4.98 Å². The molecule has 8 heteroatoms. The molecule has 0 aliphatic carbocycles. The molecule has 0 aliphatic heterocycles. The second kappa shape index (κ2) is 8.20. The Morgan fingerprint density at radius 1 is 1.13 bits per heavy atom. The molecule has 156 valence electrons. The van der Waals surface area contributed by atoms with E-state index in [-0.39, 0.29) is 16.3 Å². The van der Waals surface area contributed by atoms with Gasteiger partial charge in [-0.3, -0.25) is 14.9 Å². The number of carbonyl (C=O) groups excluding carboxylic acids is 1. The molecule has 4 rings (SSSR count). The number of non-ortho nitro benzene ring substituents is 1. The molecule has 0 aliphatic rings. The van der Waals surface area contributed by atoms with Crippen molar-refractivity contribution in [3.8, 4) is 11.5 Å². The maximum absolute atomic E-state index is 12.6. The zero-order valence-corrected chi connectivity index (χ0v) is 17.5. The fourth-order valence-corrected chi connectivity index (χ4v) is 3.36. The number of nitrogens with zero attached hydrogens (tertiary/aromatic N) is 2. The van der Waals surface area contributed by atoms with E-state index in [1.54, 1.807) is 18.2 Å². The van der Waals surface area contributed by atoms with Crippen molar-refractivity contribution in [3.63, 3.8) is 0 Å². The molecule has 1 heterocycles. The molecule has 1 amide bonds. The highest BCUT2D eigenvalue weighted by molar-refractivity contribution is 6.34. The second-order valence-corrected chi connectivity index (χ2v) is 7.76. The molecule has 0 radical (unpaired) electrons. The van der Waals surface area contributed by atoms with Gasteiger partial charge in [0.1, 0.15) is 5.52 Å². The van der Waals surface area contributed by atoms with Gasteiger partial charge < -0.3 is 9.73 Å². The van der Waals surface area contributed by atoms with Crippen molar-refractivity contribution in [2.75, 3.05) is 5.32 Å². The third-order valence-electron chi connectivity index (χ3n) is 4.85. The van der Waals surface area contributed by atoms with Gasteiger partial charge in [0.2, 0.25) is 5.89 Å². The van der Waals surface area contributed by atoms with Gasteiger partial charge in [-0.2, -0.15) is 0 Å². The van der Waals surface area contributed by atoms with Crippen LogP contribution in [0.4, 0.5) is 11.4 Å². The van der Waals surface area contributed by atoms with Gasteiger partial charge in [0.25, 0.3) is 11.6 Å². The Bertz CT molecular complexity index is 1310. The minimum absolute atomic E-state index is 0.0179. The molecule has 4 aromatic rings. The summed E-state index contributed by atoms with van der Waals surface area (Å²) in [6.07, 6.45) is 0. The van der Waals surface area contributed by atoms with Crippen molar-refractivity contribution in [2.24, 2.45) is 0 Å². The molecule has 0 saturated heterocycles. The normalized spacial score (nSPS) is 11.1. The number of carbonyl (C=O) groups is 1. The Morgan fingerprint density at radius 3 is 2.68 bits per heavy atom. The fraction of sp³-hybridized carbons (Fsp3) is 0.130.